The van der Waals surface area contributed by atoms with E-state index >= 15 is 0 Å². The molecule has 1 heterocycles. The van der Waals surface area contributed by atoms with Crippen LogP contribution in [0, 0.1) is 0 Å². The molecule has 0 aliphatic rings. The van der Waals surface area contributed by atoms with Crippen LogP contribution in [0.4, 0.5) is 0 Å². The molecule has 0 unspecified atom stereocenters. The molecule has 1 aromatic carbocycles. The first-order valence-corrected chi connectivity index (χ1v) is 11.0. The van der Waals surface area contributed by atoms with Crippen LogP contribution in [-0.4, -0.2) is 18.7 Å². The summed E-state index contributed by atoms with van der Waals surface area (Å²) in [6, 6.07) is 4.85. The summed E-state index contributed by atoms with van der Waals surface area (Å²) in [4.78, 5) is 23.7. The fourth-order valence-electron chi connectivity index (χ4n) is 3.25. The minimum absolute atomic E-state index is 0.0967. The van der Waals surface area contributed by atoms with Crippen LogP contribution < -0.4 is 19.8 Å². The largest absolute Gasteiger partial charge is 0.486 e. The predicted molar refractivity (Wildman–Crippen MR) is 118 cm³/mol. The Morgan fingerprint density at radius 1 is 1.00 bits per heavy atom. The van der Waals surface area contributed by atoms with Gasteiger partial charge in [-0.05, 0) is 32.4 Å². The van der Waals surface area contributed by atoms with Crippen LogP contribution in [-0.2, 0) is 4.79 Å². The molecule has 2 aromatic rings. The van der Waals surface area contributed by atoms with E-state index in [1.54, 1.807) is 12.1 Å². The van der Waals surface area contributed by atoms with Crippen molar-refractivity contribution in [2.45, 2.75) is 85.2 Å². The number of carbonyl (C=O) groups excluding carboxylic acids is 1. The Morgan fingerprint density at radius 2 is 1.67 bits per heavy atom. The third-order valence-corrected chi connectivity index (χ3v) is 4.65. The minimum Gasteiger partial charge on any atom is -0.486 e. The molecule has 0 fully saturated rings. The third-order valence-electron chi connectivity index (χ3n) is 4.65. The normalized spacial score (nSPS) is 11.1. The molecule has 1 aromatic heterocycles. The van der Waals surface area contributed by atoms with Crippen molar-refractivity contribution in [2.75, 3.05) is 6.61 Å². The molecule has 30 heavy (non-hydrogen) atoms. The van der Waals surface area contributed by atoms with Gasteiger partial charge in [-0.2, -0.15) is 0 Å². The Labute approximate surface area is 178 Å². The second kappa shape index (κ2) is 12.3. The van der Waals surface area contributed by atoms with Gasteiger partial charge in [0.15, 0.2) is 5.75 Å². The highest BCUT2D eigenvalue weighted by molar-refractivity contribution is 5.87. The van der Waals surface area contributed by atoms with E-state index in [1.807, 2.05) is 13.8 Å². The molecule has 0 spiro atoms. The summed E-state index contributed by atoms with van der Waals surface area (Å²) in [5.74, 6) is 0.325. The van der Waals surface area contributed by atoms with E-state index in [-0.39, 0.29) is 17.4 Å². The molecule has 0 saturated carbocycles. The Bertz CT molecular complexity index is 868. The van der Waals surface area contributed by atoms with Crippen molar-refractivity contribution in [1.29, 1.82) is 0 Å². The lowest BCUT2D eigenvalue weighted by Gasteiger charge is -2.16. The summed E-state index contributed by atoms with van der Waals surface area (Å²) in [6.45, 7) is 7.74. The molecule has 6 heteroatoms. The van der Waals surface area contributed by atoms with Crippen molar-refractivity contribution in [3.8, 4) is 17.2 Å². The zero-order valence-corrected chi connectivity index (χ0v) is 18.6. The first-order chi connectivity index (χ1) is 14.4. The highest BCUT2D eigenvalue weighted by Gasteiger charge is 2.19. The number of carbonyl (C=O) groups is 1. The van der Waals surface area contributed by atoms with Crippen molar-refractivity contribution in [3.05, 3.63) is 28.6 Å². The monoisotopic (exact) mass is 418 g/mol. The van der Waals surface area contributed by atoms with Gasteiger partial charge in [0.05, 0.1) is 18.1 Å². The molecule has 0 N–H and O–H groups in total. The van der Waals surface area contributed by atoms with Crippen LogP contribution in [0.2, 0.25) is 0 Å². The molecular weight excluding hydrogens is 384 g/mol. The molecular formula is C24H34O6. The Morgan fingerprint density at radius 3 is 2.30 bits per heavy atom. The number of fused-ring (bicyclic) bond motifs is 1. The van der Waals surface area contributed by atoms with Crippen molar-refractivity contribution in [3.63, 3.8) is 0 Å². The van der Waals surface area contributed by atoms with E-state index in [9.17, 15) is 9.59 Å². The molecule has 0 saturated heterocycles. The van der Waals surface area contributed by atoms with Crippen molar-refractivity contribution in [2.24, 2.45) is 0 Å². The summed E-state index contributed by atoms with van der Waals surface area (Å²) < 4.78 is 22.2. The Kier molecular flexibility index (Phi) is 9.71. The number of hydrogen-bond acceptors (Lipinski definition) is 6. The van der Waals surface area contributed by atoms with E-state index < -0.39 is 11.6 Å². The second-order valence-corrected chi connectivity index (χ2v) is 7.79. The number of esters is 1. The molecule has 2 rings (SSSR count). The van der Waals surface area contributed by atoms with Gasteiger partial charge in [-0.1, -0.05) is 51.9 Å². The number of benzene rings is 1. The SMILES string of the molecule is CCCCCCCCCCOc1c(OC(C)C)c2ccc(OC(C)=O)cc2oc1=O. The van der Waals surface area contributed by atoms with Gasteiger partial charge in [0.2, 0.25) is 5.75 Å². The molecule has 0 aliphatic carbocycles. The zero-order chi connectivity index (χ0) is 21.9. The van der Waals surface area contributed by atoms with Gasteiger partial charge in [0.25, 0.3) is 0 Å². The fraction of sp³-hybridized carbons (Fsp3) is 0.583. The van der Waals surface area contributed by atoms with Crippen LogP contribution in [0.3, 0.4) is 0 Å². The van der Waals surface area contributed by atoms with E-state index in [0.717, 1.165) is 12.8 Å². The second-order valence-electron chi connectivity index (χ2n) is 7.79. The van der Waals surface area contributed by atoms with Crippen LogP contribution in [0.15, 0.2) is 27.4 Å². The number of hydrogen-bond donors (Lipinski definition) is 0. The van der Waals surface area contributed by atoms with Gasteiger partial charge in [-0.15, -0.1) is 0 Å². The first-order valence-electron chi connectivity index (χ1n) is 11.0. The first kappa shape index (κ1) is 23.8. The van der Waals surface area contributed by atoms with Crippen LogP contribution in [0.25, 0.3) is 11.0 Å². The summed E-state index contributed by atoms with van der Waals surface area (Å²) in [7, 11) is 0. The van der Waals surface area contributed by atoms with Gasteiger partial charge in [-0.3, -0.25) is 4.79 Å². The average Bonchev–Trinajstić information content (AvgIpc) is 2.67. The molecule has 0 amide bonds. The van der Waals surface area contributed by atoms with Gasteiger partial charge in [0.1, 0.15) is 11.3 Å². The fourth-order valence-corrected chi connectivity index (χ4v) is 3.25. The van der Waals surface area contributed by atoms with E-state index in [0.29, 0.717) is 23.5 Å². The number of unbranched alkanes of at least 4 members (excludes halogenated alkanes) is 7. The van der Waals surface area contributed by atoms with E-state index in [4.69, 9.17) is 18.6 Å². The van der Waals surface area contributed by atoms with Crippen LogP contribution in [0.1, 0.15) is 79.1 Å². The summed E-state index contributed by atoms with van der Waals surface area (Å²) in [6.07, 6.45) is 9.36. The molecule has 166 valence electrons. The number of rotatable bonds is 13. The van der Waals surface area contributed by atoms with Crippen molar-refractivity contribution in [1.82, 2.24) is 0 Å². The Hall–Kier alpha value is -2.50. The van der Waals surface area contributed by atoms with Crippen molar-refractivity contribution < 1.29 is 23.4 Å². The standard InChI is InChI=1S/C24H34O6/c1-5-6-7-8-9-10-11-12-15-27-23-22(28-17(2)3)20-14-13-19(29-18(4)25)16-21(20)30-24(23)26/h13-14,16-17H,5-12,15H2,1-4H3. The lowest BCUT2D eigenvalue weighted by molar-refractivity contribution is -0.131. The van der Waals surface area contributed by atoms with Crippen LogP contribution >= 0.6 is 0 Å². The third kappa shape index (κ3) is 7.39. The van der Waals surface area contributed by atoms with Gasteiger partial charge >= 0.3 is 11.6 Å². The highest BCUT2D eigenvalue weighted by atomic mass is 16.5. The Balaban J connectivity index is 2.07. The van der Waals surface area contributed by atoms with Gasteiger partial charge in [-0.25, -0.2) is 4.79 Å². The highest BCUT2D eigenvalue weighted by Crippen LogP contribution is 2.35. The smallest absolute Gasteiger partial charge is 0.383 e. The molecule has 0 bridgehead atoms. The average molecular weight is 419 g/mol. The zero-order valence-electron chi connectivity index (χ0n) is 18.6. The maximum absolute atomic E-state index is 12.6. The minimum atomic E-state index is -0.599. The maximum atomic E-state index is 12.6. The van der Waals surface area contributed by atoms with E-state index in [2.05, 4.69) is 6.92 Å². The topological polar surface area (TPSA) is 75.0 Å². The van der Waals surface area contributed by atoms with E-state index in [1.165, 1.54) is 51.5 Å². The van der Waals surface area contributed by atoms with Gasteiger partial charge in [0, 0.05) is 13.0 Å². The predicted octanol–water partition coefficient (Wildman–Crippen LogP) is 6.03. The summed E-state index contributed by atoms with van der Waals surface area (Å²) >= 11 is 0. The molecule has 0 aliphatic heterocycles. The summed E-state index contributed by atoms with van der Waals surface area (Å²) in [5.41, 5.74) is -0.313. The quantitative estimate of drug-likeness (QED) is 0.171. The lowest BCUT2D eigenvalue weighted by atomic mass is 10.1. The van der Waals surface area contributed by atoms with Gasteiger partial charge < -0.3 is 18.6 Å². The molecule has 6 nitrogen and oxygen atoms in total. The summed E-state index contributed by atoms with van der Waals surface area (Å²) in [5, 5.41) is 0.602. The number of ether oxygens (including phenoxy) is 3. The molecule has 0 atom stereocenters. The lowest BCUT2D eigenvalue weighted by Crippen LogP contribution is -2.14. The maximum Gasteiger partial charge on any atom is 0.383 e. The molecule has 0 radical (unpaired) electrons. The van der Waals surface area contributed by atoms with Crippen LogP contribution in [0.5, 0.6) is 17.2 Å². The van der Waals surface area contributed by atoms with Crippen molar-refractivity contribution >= 4 is 16.9 Å².